The van der Waals surface area contributed by atoms with Crippen molar-refractivity contribution < 1.29 is 14.3 Å². The first-order valence-corrected chi connectivity index (χ1v) is 10.2. The van der Waals surface area contributed by atoms with E-state index in [2.05, 4.69) is 17.1 Å². The molecule has 5 rings (SSSR count). The van der Waals surface area contributed by atoms with E-state index in [0.717, 1.165) is 31.4 Å². The molecule has 1 amide bonds. The summed E-state index contributed by atoms with van der Waals surface area (Å²) < 4.78 is 7.78. The molecule has 2 aliphatic rings. The molecule has 0 saturated carbocycles. The second-order valence-electron chi connectivity index (χ2n) is 8.35. The van der Waals surface area contributed by atoms with Gasteiger partial charge < -0.3 is 19.0 Å². The Kier molecular flexibility index (Phi) is 4.51. The van der Waals surface area contributed by atoms with Crippen LogP contribution >= 0.6 is 0 Å². The number of imidazole rings is 1. The number of nitrogens with zero attached hydrogens (tertiary/aromatic N) is 3. The van der Waals surface area contributed by atoms with Crippen LogP contribution < -0.4 is 0 Å². The van der Waals surface area contributed by atoms with Crippen LogP contribution in [0.5, 0.6) is 0 Å². The molecule has 6 heteroatoms. The molecule has 2 fully saturated rings. The Bertz CT molecular complexity index is 982. The van der Waals surface area contributed by atoms with E-state index in [1.54, 1.807) is 18.6 Å². The summed E-state index contributed by atoms with van der Waals surface area (Å²) in [5, 5.41) is 10.3. The molecule has 2 aromatic heterocycles. The minimum atomic E-state index is -0.272. The second-order valence-corrected chi connectivity index (χ2v) is 8.35. The monoisotopic (exact) mass is 391 g/mol. The Balaban J connectivity index is 1.36. The third-order valence-corrected chi connectivity index (χ3v) is 6.57. The number of amides is 1. The molecule has 3 atom stereocenters. The van der Waals surface area contributed by atoms with Gasteiger partial charge in [-0.25, -0.2) is 4.98 Å². The zero-order valence-corrected chi connectivity index (χ0v) is 16.3. The van der Waals surface area contributed by atoms with Crippen molar-refractivity contribution in [2.45, 2.75) is 44.3 Å². The van der Waals surface area contributed by atoms with Gasteiger partial charge in [0, 0.05) is 29.9 Å². The molecule has 6 nitrogen and oxygen atoms in total. The molecule has 0 radical (unpaired) electrons. The standard InChI is InChI=1S/C23H25N3O3/c27-15-23(12-17-4-2-1-3-5-17)13-18-6-9-21(23)26(18)22(28)20-8-7-19(29-20)14-25-11-10-24-16-25/h1-5,7-8,10-11,16,18,21,27H,6,9,12-15H2/t18-,21+,23-/m0/s1. The molecule has 1 N–H and O–H groups in total. The number of carbonyl (C=O) groups is 1. The highest BCUT2D eigenvalue weighted by atomic mass is 16.4. The Morgan fingerprint density at radius 2 is 2.07 bits per heavy atom. The van der Waals surface area contributed by atoms with Gasteiger partial charge in [0.05, 0.1) is 19.5 Å². The summed E-state index contributed by atoms with van der Waals surface area (Å²) in [6.45, 7) is 0.644. The van der Waals surface area contributed by atoms with E-state index in [4.69, 9.17) is 4.42 Å². The first kappa shape index (κ1) is 18.2. The predicted molar refractivity (Wildman–Crippen MR) is 107 cm³/mol. The molecule has 3 aromatic rings. The van der Waals surface area contributed by atoms with Crippen LogP contribution in [0.4, 0.5) is 0 Å². The highest BCUT2D eigenvalue weighted by Crippen LogP contribution is 2.51. The summed E-state index contributed by atoms with van der Waals surface area (Å²) in [7, 11) is 0. The molecule has 150 valence electrons. The van der Waals surface area contributed by atoms with E-state index in [9.17, 15) is 9.90 Å². The van der Waals surface area contributed by atoms with Gasteiger partial charge in [-0.05, 0) is 43.4 Å². The molecule has 2 saturated heterocycles. The quantitative estimate of drug-likeness (QED) is 0.701. The number of aliphatic hydroxyl groups is 1. The average Bonchev–Trinajstić information content (AvgIpc) is 3.53. The molecular formula is C23H25N3O3. The van der Waals surface area contributed by atoms with Gasteiger partial charge in [-0.2, -0.15) is 0 Å². The van der Waals surface area contributed by atoms with E-state index in [0.29, 0.717) is 12.3 Å². The maximum absolute atomic E-state index is 13.3. The molecule has 4 heterocycles. The Morgan fingerprint density at radius 1 is 1.21 bits per heavy atom. The van der Waals surface area contributed by atoms with Gasteiger partial charge in [0.1, 0.15) is 5.76 Å². The summed E-state index contributed by atoms with van der Waals surface area (Å²) in [6.07, 6.45) is 8.88. The Hall–Kier alpha value is -2.86. The van der Waals surface area contributed by atoms with E-state index < -0.39 is 0 Å². The van der Waals surface area contributed by atoms with Gasteiger partial charge in [0.25, 0.3) is 5.91 Å². The van der Waals surface area contributed by atoms with Crippen LogP contribution in [-0.2, 0) is 13.0 Å². The van der Waals surface area contributed by atoms with Gasteiger partial charge in [-0.3, -0.25) is 4.79 Å². The summed E-state index contributed by atoms with van der Waals surface area (Å²) in [6, 6.07) is 14.1. The molecule has 0 spiro atoms. The first-order valence-electron chi connectivity index (χ1n) is 10.2. The van der Waals surface area contributed by atoms with Crippen molar-refractivity contribution >= 4 is 5.91 Å². The minimum Gasteiger partial charge on any atom is -0.454 e. The van der Waals surface area contributed by atoms with Crippen LogP contribution in [-0.4, -0.2) is 44.2 Å². The van der Waals surface area contributed by atoms with Crippen LogP contribution in [0, 0.1) is 5.41 Å². The summed E-state index contributed by atoms with van der Waals surface area (Å²) in [5.41, 5.74) is 0.939. The number of carbonyl (C=O) groups excluding carboxylic acids is 1. The maximum atomic E-state index is 13.3. The van der Waals surface area contributed by atoms with Gasteiger partial charge in [-0.15, -0.1) is 0 Å². The highest BCUT2D eigenvalue weighted by Gasteiger charge is 2.57. The number of hydrogen-bond donors (Lipinski definition) is 1. The first-order chi connectivity index (χ1) is 14.2. The lowest BCUT2D eigenvalue weighted by Gasteiger charge is -2.36. The van der Waals surface area contributed by atoms with Crippen molar-refractivity contribution in [2.24, 2.45) is 5.41 Å². The number of aromatic nitrogens is 2. The van der Waals surface area contributed by atoms with Crippen molar-refractivity contribution in [2.75, 3.05) is 6.61 Å². The van der Waals surface area contributed by atoms with Crippen LogP contribution in [0.1, 0.15) is 41.1 Å². The number of rotatable bonds is 6. The smallest absolute Gasteiger partial charge is 0.290 e. The lowest BCUT2D eigenvalue weighted by Crippen LogP contribution is -2.43. The summed E-state index contributed by atoms with van der Waals surface area (Å²) in [5.74, 6) is 1.05. The van der Waals surface area contributed by atoms with Crippen LogP contribution in [0.25, 0.3) is 0 Å². The third-order valence-electron chi connectivity index (χ3n) is 6.57. The number of aliphatic hydroxyl groups excluding tert-OH is 1. The van der Waals surface area contributed by atoms with Crippen molar-refractivity contribution in [3.63, 3.8) is 0 Å². The van der Waals surface area contributed by atoms with E-state index >= 15 is 0 Å². The maximum Gasteiger partial charge on any atom is 0.290 e. The highest BCUT2D eigenvalue weighted by molar-refractivity contribution is 5.92. The minimum absolute atomic E-state index is 0.0485. The van der Waals surface area contributed by atoms with Gasteiger partial charge in [0.15, 0.2) is 5.76 Å². The fourth-order valence-electron chi connectivity index (χ4n) is 5.28. The molecule has 0 aliphatic carbocycles. The number of fused-ring (bicyclic) bond motifs is 2. The number of hydrogen-bond acceptors (Lipinski definition) is 4. The molecule has 2 aliphatic heterocycles. The zero-order valence-electron chi connectivity index (χ0n) is 16.3. The predicted octanol–water partition coefficient (Wildman–Crippen LogP) is 3.12. The molecular weight excluding hydrogens is 366 g/mol. The summed E-state index contributed by atoms with van der Waals surface area (Å²) in [4.78, 5) is 19.3. The normalized spacial score (nSPS) is 25.6. The Morgan fingerprint density at radius 3 is 2.83 bits per heavy atom. The average molecular weight is 391 g/mol. The Labute approximate surface area is 169 Å². The van der Waals surface area contributed by atoms with Crippen molar-refractivity contribution in [1.82, 2.24) is 14.5 Å². The van der Waals surface area contributed by atoms with Crippen molar-refractivity contribution in [1.29, 1.82) is 0 Å². The largest absolute Gasteiger partial charge is 0.454 e. The SMILES string of the molecule is O=C(c1ccc(Cn2ccnc2)o1)N1[C@H]2CC[C@@H]1[C@@](CO)(Cc1ccccc1)C2. The zero-order chi connectivity index (χ0) is 19.8. The lowest BCUT2D eigenvalue weighted by molar-refractivity contribution is 0.0545. The van der Waals surface area contributed by atoms with Crippen LogP contribution in [0.3, 0.4) is 0 Å². The van der Waals surface area contributed by atoms with E-state index in [1.807, 2.05) is 39.9 Å². The topological polar surface area (TPSA) is 71.5 Å². The fourth-order valence-corrected chi connectivity index (χ4v) is 5.28. The molecule has 0 unspecified atom stereocenters. The summed E-state index contributed by atoms with van der Waals surface area (Å²) >= 11 is 0. The van der Waals surface area contributed by atoms with Crippen molar-refractivity contribution in [3.05, 3.63) is 78.3 Å². The van der Waals surface area contributed by atoms with Gasteiger partial charge in [0.2, 0.25) is 0 Å². The van der Waals surface area contributed by atoms with Gasteiger partial charge in [-0.1, -0.05) is 30.3 Å². The molecule has 2 bridgehead atoms. The van der Waals surface area contributed by atoms with Crippen molar-refractivity contribution in [3.8, 4) is 0 Å². The second kappa shape index (κ2) is 7.19. The van der Waals surface area contributed by atoms with E-state index in [-0.39, 0.29) is 30.0 Å². The molecule has 1 aromatic carbocycles. The number of furan rings is 1. The molecule has 29 heavy (non-hydrogen) atoms. The lowest BCUT2D eigenvalue weighted by atomic mass is 9.70. The van der Waals surface area contributed by atoms with Crippen LogP contribution in [0.2, 0.25) is 0 Å². The third kappa shape index (κ3) is 3.17. The van der Waals surface area contributed by atoms with E-state index in [1.165, 1.54) is 5.56 Å². The number of benzene rings is 1. The van der Waals surface area contributed by atoms with Gasteiger partial charge >= 0.3 is 0 Å². The fraction of sp³-hybridized carbons (Fsp3) is 0.391. The van der Waals surface area contributed by atoms with Crippen LogP contribution in [0.15, 0.2) is 65.6 Å².